The first-order valence-electron chi connectivity index (χ1n) is 4.89. The minimum absolute atomic E-state index is 0.670. The van der Waals surface area contributed by atoms with Gasteiger partial charge in [0.05, 0.1) is 17.2 Å². The van der Waals surface area contributed by atoms with E-state index in [1.165, 1.54) is 11.3 Å². The van der Waals surface area contributed by atoms with E-state index in [9.17, 15) is 4.79 Å². The van der Waals surface area contributed by atoms with Gasteiger partial charge in [-0.3, -0.25) is 4.79 Å². The summed E-state index contributed by atoms with van der Waals surface area (Å²) in [6.45, 7) is 6.26. The maximum atomic E-state index is 10.7. The van der Waals surface area contributed by atoms with Gasteiger partial charge in [0.2, 0.25) is 0 Å². The Labute approximate surface area is 93.9 Å². The summed E-state index contributed by atoms with van der Waals surface area (Å²) in [4.78, 5) is 17.9. The molecule has 0 atom stereocenters. The summed E-state index contributed by atoms with van der Waals surface area (Å²) in [5.74, 6) is 0. The van der Waals surface area contributed by atoms with Gasteiger partial charge in [-0.1, -0.05) is 11.3 Å². The largest absolute Gasteiger partial charge is 0.383 e. The number of carbonyl (C=O) groups is 1. The normalized spacial score (nSPS) is 10.3. The third kappa shape index (κ3) is 3.00. The van der Waals surface area contributed by atoms with Crippen molar-refractivity contribution in [3.05, 3.63) is 10.6 Å². The Balaban J connectivity index is 2.77. The first-order valence-corrected chi connectivity index (χ1v) is 5.71. The number of anilines is 1. The third-order valence-corrected chi connectivity index (χ3v) is 3.29. The second kappa shape index (κ2) is 5.82. The van der Waals surface area contributed by atoms with Crippen molar-refractivity contribution in [1.29, 1.82) is 0 Å². The predicted octanol–water partition coefficient (Wildman–Crippen LogP) is 1.74. The number of rotatable bonds is 6. The van der Waals surface area contributed by atoms with Crippen LogP contribution in [0.4, 0.5) is 5.13 Å². The number of aromatic nitrogens is 1. The summed E-state index contributed by atoms with van der Waals surface area (Å²) in [6, 6.07) is 0. The van der Waals surface area contributed by atoms with E-state index in [1.54, 1.807) is 7.11 Å². The second-order valence-corrected chi connectivity index (χ2v) is 4.15. The molecule has 0 aliphatic rings. The topological polar surface area (TPSA) is 42.4 Å². The lowest BCUT2D eigenvalue weighted by atomic mass is 10.4. The zero-order valence-electron chi connectivity index (χ0n) is 9.32. The molecule has 0 spiro atoms. The van der Waals surface area contributed by atoms with E-state index in [0.717, 1.165) is 30.2 Å². The van der Waals surface area contributed by atoms with E-state index in [0.29, 0.717) is 11.5 Å². The van der Waals surface area contributed by atoms with Crippen LogP contribution >= 0.6 is 11.3 Å². The number of thiazole rings is 1. The first kappa shape index (κ1) is 12.1. The molecular formula is C10H16N2O2S. The summed E-state index contributed by atoms with van der Waals surface area (Å²) in [5.41, 5.74) is 0.806. The molecule has 1 heterocycles. The molecule has 5 heteroatoms. The lowest BCUT2D eigenvalue weighted by molar-refractivity contribution is 0.112. The van der Waals surface area contributed by atoms with Crippen molar-refractivity contribution in [3.8, 4) is 0 Å². The van der Waals surface area contributed by atoms with Gasteiger partial charge in [-0.2, -0.15) is 0 Å². The van der Waals surface area contributed by atoms with Crippen molar-refractivity contribution in [2.45, 2.75) is 13.8 Å². The van der Waals surface area contributed by atoms with Crippen LogP contribution in [0.5, 0.6) is 0 Å². The monoisotopic (exact) mass is 228 g/mol. The number of hydrogen-bond donors (Lipinski definition) is 0. The maximum absolute atomic E-state index is 10.7. The number of likely N-dealkylation sites (N-methyl/N-ethyl adjacent to an activating group) is 1. The van der Waals surface area contributed by atoms with Crippen LogP contribution in [0.2, 0.25) is 0 Å². The number of hydrogen-bond acceptors (Lipinski definition) is 5. The molecular weight excluding hydrogens is 212 g/mol. The first-order chi connectivity index (χ1) is 7.22. The molecule has 15 heavy (non-hydrogen) atoms. The Bertz CT molecular complexity index is 325. The molecule has 0 saturated carbocycles. The lowest BCUT2D eigenvalue weighted by Crippen LogP contribution is -2.26. The number of aryl methyl sites for hydroxylation is 1. The average Bonchev–Trinajstić information content (AvgIpc) is 2.61. The van der Waals surface area contributed by atoms with Gasteiger partial charge in [0, 0.05) is 20.2 Å². The zero-order valence-corrected chi connectivity index (χ0v) is 10.1. The van der Waals surface area contributed by atoms with Crippen molar-refractivity contribution in [3.63, 3.8) is 0 Å². The number of carbonyl (C=O) groups excluding carboxylic acids is 1. The molecule has 1 aromatic heterocycles. The van der Waals surface area contributed by atoms with E-state index in [1.807, 2.05) is 6.92 Å². The highest BCUT2D eigenvalue weighted by molar-refractivity contribution is 7.17. The summed E-state index contributed by atoms with van der Waals surface area (Å²) in [7, 11) is 1.68. The minimum atomic E-state index is 0.670. The quantitative estimate of drug-likeness (QED) is 0.695. The van der Waals surface area contributed by atoms with Crippen molar-refractivity contribution in [1.82, 2.24) is 4.98 Å². The third-order valence-electron chi connectivity index (χ3n) is 2.15. The number of aldehydes is 1. The summed E-state index contributed by atoms with van der Waals surface area (Å²) >= 11 is 1.43. The summed E-state index contributed by atoms with van der Waals surface area (Å²) < 4.78 is 5.02. The molecule has 0 aromatic carbocycles. The number of methoxy groups -OCH3 is 1. The minimum Gasteiger partial charge on any atom is -0.383 e. The molecule has 0 bridgehead atoms. The standard InChI is InChI=1S/C10H16N2O2S/c1-4-12(5-6-14-3)10-11-8(2)9(7-13)15-10/h7H,4-6H2,1-3H3. The van der Waals surface area contributed by atoms with Crippen molar-refractivity contribution in [2.75, 3.05) is 31.7 Å². The van der Waals surface area contributed by atoms with Crippen LogP contribution < -0.4 is 4.90 Å². The predicted molar refractivity (Wildman–Crippen MR) is 62.0 cm³/mol. The van der Waals surface area contributed by atoms with E-state index in [-0.39, 0.29) is 0 Å². The Kier molecular flexibility index (Phi) is 4.71. The van der Waals surface area contributed by atoms with E-state index >= 15 is 0 Å². The Morgan fingerprint density at radius 1 is 1.60 bits per heavy atom. The van der Waals surface area contributed by atoms with Gasteiger partial charge in [0.1, 0.15) is 0 Å². The smallest absolute Gasteiger partial charge is 0.186 e. The molecule has 0 saturated heterocycles. The highest BCUT2D eigenvalue weighted by Crippen LogP contribution is 2.24. The van der Waals surface area contributed by atoms with Crippen LogP contribution in [0.25, 0.3) is 0 Å². The highest BCUT2D eigenvalue weighted by atomic mass is 32.1. The van der Waals surface area contributed by atoms with Crippen LogP contribution in [0.1, 0.15) is 22.3 Å². The van der Waals surface area contributed by atoms with Crippen LogP contribution in [0, 0.1) is 6.92 Å². The maximum Gasteiger partial charge on any atom is 0.186 e. The molecule has 4 nitrogen and oxygen atoms in total. The van der Waals surface area contributed by atoms with Crippen molar-refractivity contribution in [2.24, 2.45) is 0 Å². The van der Waals surface area contributed by atoms with Crippen molar-refractivity contribution < 1.29 is 9.53 Å². The van der Waals surface area contributed by atoms with Gasteiger partial charge >= 0.3 is 0 Å². The highest BCUT2D eigenvalue weighted by Gasteiger charge is 2.11. The zero-order chi connectivity index (χ0) is 11.3. The molecule has 1 rings (SSSR count). The summed E-state index contributed by atoms with van der Waals surface area (Å²) in [5, 5.41) is 0.897. The number of ether oxygens (including phenoxy) is 1. The number of nitrogens with zero attached hydrogens (tertiary/aromatic N) is 2. The molecule has 0 unspecified atom stereocenters. The van der Waals surface area contributed by atoms with E-state index < -0.39 is 0 Å². The van der Waals surface area contributed by atoms with Gasteiger partial charge < -0.3 is 9.64 Å². The van der Waals surface area contributed by atoms with Crippen LogP contribution in [0.3, 0.4) is 0 Å². The molecule has 1 aromatic rings. The molecule has 0 aliphatic heterocycles. The van der Waals surface area contributed by atoms with Gasteiger partial charge in [-0.05, 0) is 13.8 Å². The van der Waals surface area contributed by atoms with Crippen LogP contribution in [0.15, 0.2) is 0 Å². The van der Waals surface area contributed by atoms with Gasteiger partial charge in [0.25, 0.3) is 0 Å². The van der Waals surface area contributed by atoms with Crippen LogP contribution in [-0.2, 0) is 4.74 Å². The van der Waals surface area contributed by atoms with Gasteiger partial charge in [0.15, 0.2) is 11.4 Å². The Morgan fingerprint density at radius 3 is 2.80 bits per heavy atom. The SMILES string of the molecule is CCN(CCOC)c1nc(C)c(C=O)s1. The average molecular weight is 228 g/mol. The summed E-state index contributed by atoms with van der Waals surface area (Å²) in [6.07, 6.45) is 0.862. The molecule has 0 radical (unpaired) electrons. The Hall–Kier alpha value is -0.940. The van der Waals surface area contributed by atoms with E-state index in [4.69, 9.17) is 4.74 Å². The lowest BCUT2D eigenvalue weighted by Gasteiger charge is -2.18. The fraction of sp³-hybridized carbons (Fsp3) is 0.600. The Morgan fingerprint density at radius 2 is 2.33 bits per heavy atom. The van der Waals surface area contributed by atoms with Crippen molar-refractivity contribution >= 4 is 22.8 Å². The molecule has 0 N–H and O–H groups in total. The second-order valence-electron chi connectivity index (χ2n) is 3.14. The molecule has 0 amide bonds. The van der Waals surface area contributed by atoms with Gasteiger partial charge in [-0.15, -0.1) is 0 Å². The molecule has 0 aliphatic carbocycles. The fourth-order valence-corrected chi connectivity index (χ4v) is 2.20. The molecule has 0 fully saturated rings. The van der Waals surface area contributed by atoms with Crippen LogP contribution in [-0.4, -0.2) is 38.1 Å². The fourth-order valence-electron chi connectivity index (χ4n) is 1.23. The van der Waals surface area contributed by atoms with Gasteiger partial charge in [-0.25, -0.2) is 4.98 Å². The van der Waals surface area contributed by atoms with E-state index in [2.05, 4.69) is 16.8 Å². The molecule has 84 valence electrons.